The molecule has 2 aliphatic rings. The number of hydrogen-bond donors (Lipinski definition) is 2. The highest BCUT2D eigenvalue weighted by Gasteiger charge is 2.37. The molecular weight excluding hydrogens is 420 g/mol. The lowest BCUT2D eigenvalue weighted by molar-refractivity contribution is -0.124. The maximum absolute atomic E-state index is 13.2. The van der Waals surface area contributed by atoms with Gasteiger partial charge in [0, 0.05) is 18.8 Å². The molecule has 2 N–H and O–H groups in total. The van der Waals surface area contributed by atoms with E-state index < -0.39 is 0 Å². The quantitative estimate of drug-likeness (QED) is 0.542. The molecule has 1 saturated heterocycles. The molecule has 1 saturated carbocycles. The first-order valence-electron chi connectivity index (χ1n) is 10.1. The summed E-state index contributed by atoms with van der Waals surface area (Å²) in [6.45, 7) is 2.03. The molecular formula is C21H24N4O3S2. The summed E-state index contributed by atoms with van der Waals surface area (Å²) >= 11 is 6.74. The Bertz CT molecular complexity index is 1090. The van der Waals surface area contributed by atoms with Gasteiger partial charge in [-0.3, -0.25) is 18.9 Å². The van der Waals surface area contributed by atoms with E-state index in [4.69, 9.17) is 12.2 Å². The second-order valence-electron chi connectivity index (χ2n) is 7.56. The Morgan fingerprint density at radius 2 is 2.10 bits per heavy atom. The normalized spacial score (nSPS) is 19.3. The summed E-state index contributed by atoms with van der Waals surface area (Å²) in [5.41, 5.74) is 1.41. The van der Waals surface area contributed by atoms with Crippen LogP contribution in [0.4, 0.5) is 5.82 Å². The maximum Gasteiger partial charge on any atom is 0.267 e. The number of amides is 1. The Labute approximate surface area is 184 Å². The van der Waals surface area contributed by atoms with E-state index in [1.54, 1.807) is 23.2 Å². The number of aliphatic hydroxyl groups excluding tert-OH is 1. The van der Waals surface area contributed by atoms with Crippen LogP contribution in [0.1, 0.15) is 43.2 Å². The van der Waals surface area contributed by atoms with Crippen LogP contribution in [0.15, 0.2) is 28.0 Å². The predicted molar refractivity (Wildman–Crippen MR) is 124 cm³/mol. The van der Waals surface area contributed by atoms with Gasteiger partial charge in [0.25, 0.3) is 11.5 Å². The Kier molecular flexibility index (Phi) is 6.21. The standard InChI is InChI=1S/C21H24N4O3S2/c1-13-6-5-10-24-18(13)23-17(22-9-11-26)15(19(24)27)12-16-20(28)25(21(29)30-16)14-7-3-2-4-8-14/h5-6,10,12,14,22,26H,2-4,7-9,11H2,1H3. The molecule has 3 heterocycles. The average molecular weight is 445 g/mol. The number of aryl methyl sites for hydroxylation is 1. The number of aromatic nitrogens is 2. The van der Waals surface area contributed by atoms with Crippen molar-refractivity contribution in [3.8, 4) is 0 Å². The zero-order valence-corrected chi connectivity index (χ0v) is 18.4. The van der Waals surface area contributed by atoms with Crippen LogP contribution in [0.3, 0.4) is 0 Å². The molecule has 0 unspecified atom stereocenters. The summed E-state index contributed by atoms with van der Waals surface area (Å²) in [7, 11) is 0. The first-order valence-corrected chi connectivity index (χ1v) is 11.4. The van der Waals surface area contributed by atoms with Crippen LogP contribution in [0, 0.1) is 6.92 Å². The summed E-state index contributed by atoms with van der Waals surface area (Å²) in [5.74, 6) is 0.213. The van der Waals surface area contributed by atoms with Crippen molar-refractivity contribution in [2.75, 3.05) is 18.5 Å². The number of thioether (sulfide) groups is 1. The third-order valence-electron chi connectivity index (χ3n) is 5.53. The Morgan fingerprint density at radius 1 is 1.33 bits per heavy atom. The van der Waals surface area contributed by atoms with Crippen LogP contribution >= 0.6 is 24.0 Å². The van der Waals surface area contributed by atoms with Crippen molar-refractivity contribution < 1.29 is 9.90 Å². The molecule has 0 atom stereocenters. The van der Waals surface area contributed by atoms with Gasteiger partial charge in [-0.25, -0.2) is 4.98 Å². The monoisotopic (exact) mass is 444 g/mol. The van der Waals surface area contributed by atoms with Crippen LogP contribution in [0.25, 0.3) is 11.7 Å². The number of nitrogens with one attached hydrogen (secondary N) is 1. The van der Waals surface area contributed by atoms with E-state index in [-0.39, 0.29) is 36.2 Å². The number of anilines is 1. The topological polar surface area (TPSA) is 86.9 Å². The van der Waals surface area contributed by atoms with Gasteiger partial charge in [0.2, 0.25) is 0 Å². The van der Waals surface area contributed by atoms with Gasteiger partial charge in [0.05, 0.1) is 17.1 Å². The van der Waals surface area contributed by atoms with Crippen LogP contribution in [0.2, 0.25) is 0 Å². The van der Waals surface area contributed by atoms with E-state index >= 15 is 0 Å². The van der Waals surface area contributed by atoms with E-state index in [1.807, 2.05) is 13.0 Å². The molecule has 0 aromatic carbocycles. The number of aliphatic hydroxyl groups is 1. The fraction of sp³-hybridized carbons (Fsp3) is 0.429. The summed E-state index contributed by atoms with van der Waals surface area (Å²) < 4.78 is 2.03. The highest BCUT2D eigenvalue weighted by molar-refractivity contribution is 8.26. The van der Waals surface area contributed by atoms with E-state index in [0.29, 0.717) is 20.7 Å². The number of thiocarbonyl (C=S) groups is 1. The van der Waals surface area contributed by atoms with E-state index in [9.17, 15) is 14.7 Å². The van der Waals surface area contributed by atoms with Gasteiger partial charge in [0.1, 0.15) is 15.8 Å². The minimum atomic E-state index is -0.271. The second kappa shape index (κ2) is 8.87. The number of carbonyl (C=O) groups is 1. The minimum absolute atomic E-state index is 0.0991. The van der Waals surface area contributed by atoms with Crippen molar-refractivity contribution >= 4 is 51.7 Å². The minimum Gasteiger partial charge on any atom is -0.395 e. The molecule has 0 spiro atoms. The average Bonchev–Trinajstić information content (AvgIpc) is 3.03. The molecule has 2 fully saturated rings. The van der Waals surface area contributed by atoms with Crippen LogP contribution in [0.5, 0.6) is 0 Å². The summed E-state index contributed by atoms with van der Waals surface area (Å²) in [4.78, 5) is 33.1. The molecule has 0 radical (unpaired) electrons. The number of pyridine rings is 1. The molecule has 0 bridgehead atoms. The van der Waals surface area contributed by atoms with Gasteiger partial charge in [-0.1, -0.05) is 49.3 Å². The zero-order chi connectivity index (χ0) is 21.3. The van der Waals surface area contributed by atoms with Crippen LogP contribution < -0.4 is 10.9 Å². The van der Waals surface area contributed by atoms with Gasteiger partial charge in [0.15, 0.2) is 0 Å². The molecule has 1 amide bonds. The van der Waals surface area contributed by atoms with E-state index in [0.717, 1.165) is 31.2 Å². The molecule has 158 valence electrons. The highest BCUT2D eigenvalue weighted by Crippen LogP contribution is 2.37. The van der Waals surface area contributed by atoms with Crippen molar-refractivity contribution in [1.29, 1.82) is 0 Å². The number of nitrogens with zero attached hydrogens (tertiary/aromatic N) is 3. The lowest BCUT2D eigenvalue weighted by Gasteiger charge is -2.29. The molecule has 4 rings (SSSR count). The van der Waals surface area contributed by atoms with Crippen molar-refractivity contribution in [2.45, 2.75) is 45.1 Å². The summed E-state index contributed by atoms with van der Waals surface area (Å²) in [5, 5.41) is 12.2. The molecule has 2 aromatic heterocycles. The first kappa shape index (κ1) is 21.0. The Morgan fingerprint density at radius 3 is 2.83 bits per heavy atom. The molecule has 7 nitrogen and oxygen atoms in total. The fourth-order valence-corrected chi connectivity index (χ4v) is 5.40. The largest absolute Gasteiger partial charge is 0.395 e. The van der Waals surface area contributed by atoms with Crippen molar-refractivity contribution in [3.05, 3.63) is 44.7 Å². The third-order valence-corrected chi connectivity index (χ3v) is 6.86. The van der Waals surface area contributed by atoms with Crippen LogP contribution in [-0.4, -0.2) is 48.8 Å². The summed E-state index contributed by atoms with van der Waals surface area (Å²) in [6, 6.07) is 3.81. The van der Waals surface area contributed by atoms with Gasteiger partial charge in [-0.15, -0.1) is 0 Å². The lowest BCUT2D eigenvalue weighted by Crippen LogP contribution is -2.39. The summed E-state index contributed by atoms with van der Waals surface area (Å²) in [6.07, 6.45) is 8.57. The van der Waals surface area contributed by atoms with E-state index in [1.165, 1.54) is 22.6 Å². The molecule has 9 heteroatoms. The third kappa shape index (κ3) is 3.89. The zero-order valence-electron chi connectivity index (χ0n) is 16.8. The Hall–Kier alpha value is -2.23. The van der Waals surface area contributed by atoms with Crippen molar-refractivity contribution in [1.82, 2.24) is 14.3 Å². The predicted octanol–water partition coefficient (Wildman–Crippen LogP) is 2.94. The maximum atomic E-state index is 13.2. The number of hydrogen-bond acceptors (Lipinski definition) is 7. The molecule has 1 aliphatic carbocycles. The number of carbonyl (C=O) groups excluding carboxylic acids is 1. The lowest BCUT2D eigenvalue weighted by atomic mass is 9.94. The Balaban J connectivity index is 1.77. The van der Waals surface area contributed by atoms with Crippen molar-refractivity contribution in [3.63, 3.8) is 0 Å². The smallest absolute Gasteiger partial charge is 0.267 e. The SMILES string of the molecule is Cc1cccn2c(=O)c(C=C3SC(=S)N(C4CCCCC4)C3=O)c(NCCO)nc12. The van der Waals surface area contributed by atoms with Gasteiger partial charge >= 0.3 is 0 Å². The fourth-order valence-electron chi connectivity index (χ4n) is 4.02. The van der Waals surface area contributed by atoms with Gasteiger partial charge < -0.3 is 10.4 Å². The van der Waals surface area contributed by atoms with E-state index in [2.05, 4.69) is 10.3 Å². The highest BCUT2D eigenvalue weighted by atomic mass is 32.2. The molecule has 30 heavy (non-hydrogen) atoms. The second-order valence-corrected chi connectivity index (χ2v) is 9.23. The number of fused-ring (bicyclic) bond motifs is 1. The number of rotatable bonds is 5. The van der Waals surface area contributed by atoms with Crippen LogP contribution in [-0.2, 0) is 4.79 Å². The van der Waals surface area contributed by atoms with Gasteiger partial charge in [-0.2, -0.15) is 0 Å². The first-order chi connectivity index (χ1) is 14.5. The van der Waals surface area contributed by atoms with Gasteiger partial charge in [-0.05, 0) is 37.5 Å². The van der Waals surface area contributed by atoms with Crippen molar-refractivity contribution in [2.24, 2.45) is 0 Å². The molecule has 1 aliphatic heterocycles. The molecule has 2 aromatic rings.